The van der Waals surface area contributed by atoms with Crippen molar-refractivity contribution in [2.45, 2.75) is 26.4 Å². The topological polar surface area (TPSA) is 46.1 Å². The SMILES string of the molecule is CC(=O)[C@@H]1CCN(c2cc(C(F)(F)F)nc(C)n2)C1. The molecule has 0 aromatic carbocycles. The summed E-state index contributed by atoms with van der Waals surface area (Å²) in [5, 5.41) is 0. The number of carbonyl (C=O) groups is 1. The lowest BCUT2D eigenvalue weighted by Crippen LogP contribution is -2.24. The van der Waals surface area contributed by atoms with Crippen LogP contribution in [0.3, 0.4) is 0 Å². The van der Waals surface area contributed by atoms with Crippen molar-refractivity contribution in [3.63, 3.8) is 0 Å². The van der Waals surface area contributed by atoms with Gasteiger partial charge in [-0.25, -0.2) is 9.97 Å². The van der Waals surface area contributed by atoms with Gasteiger partial charge in [-0.05, 0) is 20.3 Å². The number of alkyl halides is 3. The van der Waals surface area contributed by atoms with Gasteiger partial charge in [0.1, 0.15) is 23.1 Å². The number of carbonyl (C=O) groups excluding carboxylic acids is 1. The largest absolute Gasteiger partial charge is 0.433 e. The number of hydrogen-bond acceptors (Lipinski definition) is 4. The number of nitrogens with zero attached hydrogens (tertiary/aromatic N) is 3. The molecule has 0 spiro atoms. The van der Waals surface area contributed by atoms with Crippen LogP contribution in [-0.2, 0) is 11.0 Å². The van der Waals surface area contributed by atoms with E-state index < -0.39 is 11.9 Å². The van der Waals surface area contributed by atoms with Crippen LogP contribution in [-0.4, -0.2) is 28.8 Å². The van der Waals surface area contributed by atoms with E-state index in [1.165, 1.54) is 13.8 Å². The van der Waals surface area contributed by atoms with Crippen molar-refractivity contribution in [2.75, 3.05) is 18.0 Å². The van der Waals surface area contributed by atoms with Crippen LogP contribution in [0.4, 0.5) is 19.0 Å². The summed E-state index contributed by atoms with van der Waals surface area (Å²) in [4.78, 5) is 20.4. The smallest absolute Gasteiger partial charge is 0.356 e. The molecule has 0 unspecified atom stereocenters. The molecule has 1 aliphatic heterocycles. The third kappa shape index (κ3) is 3.02. The minimum absolute atomic E-state index is 0.0596. The van der Waals surface area contributed by atoms with Gasteiger partial charge < -0.3 is 4.90 Å². The summed E-state index contributed by atoms with van der Waals surface area (Å²) in [7, 11) is 0. The molecule has 0 bridgehead atoms. The number of aryl methyl sites for hydroxylation is 1. The summed E-state index contributed by atoms with van der Waals surface area (Å²) in [6.07, 6.45) is -3.83. The number of halogens is 3. The van der Waals surface area contributed by atoms with E-state index in [0.29, 0.717) is 19.5 Å². The molecular weight excluding hydrogens is 259 g/mol. The molecule has 1 saturated heterocycles. The predicted octanol–water partition coefficient (Wildman–Crippen LogP) is 2.22. The van der Waals surface area contributed by atoms with Gasteiger partial charge in [-0.1, -0.05) is 0 Å². The number of ketones is 1. The first-order valence-corrected chi connectivity index (χ1v) is 5.95. The molecule has 4 nitrogen and oxygen atoms in total. The number of Topliss-reactive ketones (excluding diaryl/α,β-unsaturated/α-hetero) is 1. The van der Waals surface area contributed by atoms with Crippen LogP contribution in [0, 0.1) is 12.8 Å². The van der Waals surface area contributed by atoms with Crippen LogP contribution in [0.1, 0.15) is 24.9 Å². The summed E-state index contributed by atoms with van der Waals surface area (Å²) in [6.45, 7) is 3.89. The Hall–Kier alpha value is -1.66. The molecule has 2 heterocycles. The maximum atomic E-state index is 12.7. The van der Waals surface area contributed by atoms with Crippen molar-refractivity contribution in [2.24, 2.45) is 5.92 Å². The van der Waals surface area contributed by atoms with Crippen molar-refractivity contribution in [1.82, 2.24) is 9.97 Å². The summed E-state index contributed by atoms with van der Waals surface area (Å²) < 4.78 is 38.0. The molecule has 1 fully saturated rings. The van der Waals surface area contributed by atoms with E-state index in [4.69, 9.17) is 0 Å². The van der Waals surface area contributed by atoms with Crippen LogP contribution in [0.5, 0.6) is 0 Å². The Morgan fingerprint density at radius 1 is 1.42 bits per heavy atom. The van der Waals surface area contributed by atoms with Gasteiger partial charge in [0.05, 0.1) is 0 Å². The van der Waals surface area contributed by atoms with Gasteiger partial charge in [0.25, 0.3) is 0 Å². The van der Waals surface area contributed by atoms with Gasteiger partial charge in [-0.15, -0.1) is 0 Å². The number of aromatic nitrogens is 2. The molecular formula is C12H14F3N3O. The summed E-state index contributed by atoms with van der Waals surface area (Å²) in [5.74, 6) is 0.258. The third-order valence-electron chi connectivity index (χ3n) is 3.20. The lowest BCUT2D eigenvalue weighted by molar-refractivity contribution is -0.141. The van der Waals surface area contributed by atoms with Gasteiger partial charge in [0.2, 0.25) is 0 Å². The normalized spacial score (nSPS) is 19.8. The van der Waals surface area contributed by atoms with E-state index in [1.54, 1.807) is 4.90 Å². The fourth-order valence-electron chi connectivity index (χ4n) is 2.16. The number of hydrogen-bond donors (Lipinski definition) is 0. The maximum absolute atomic E-state index is 12.7. The van der Waals surface area contributed by atoms with Crippen molar-refractivity contribution in [3.8, 4) is 0 Å². The molecule has 0 aliphatic carbocycles. The molecule has 1 aromatic heterocycles. The lowest BCUT2D eigenvalue weighted by atomic mass is 10.1. The highest BCUT2D eigenvalue weighted by atomic mass is 19.4. The van der Waals surface area contributed by atoms with Crippen LogP contribution in [0.15, 0.2) is 6.07 Å². The Bertz CT molecular complexity index is 501. The van der Waals surface area contributed by atoms with Crippen molar-refractivity contribution in [3.05, 3.63) is 17.6 Å². The molecule has 1 atom stereocenters. The first-order valence-electron chi connectivity index (χ1n) is 5.95. The predicted molar refractivity (Wildman–Crippen MR) is 62.8 cm³/mol. The zero-order valence-electron chi connectivity index (χ0n) is 10.7. The van der Waals surface area contributed by atoms with Crippen molar-refractivity contribution >= 4 is 11.6 Å². The minimum atomic E-state index is -4.48. The molecule has 7 heteroatoms. The van der Waals surface area contributed by atoms with E-state index in [2.05, 4.69) is 9.97 Å². The molecule has 1 aromatic rings. The highest BCUT2D eigenvalue weighted by Gasteiger charge is 2.35. The fourth-order valence-corrected chi connectivity index (χ4v) is 2.16. The summed E-state index contributed by atoms with van der Waals surface area (Å²) >= 11 is 0. The highest BCUT2D eigenvalue weighted by molar-refractivity contribution is 5.79. The first-order chi connectivity index (χ1) is 8.77. The monoisotopic (exact) mass is 273 g/mol. The van der Waals surface area contributed by atoms with E-state index >= 15 is 0 Å². The standard InChI is InChI=1S/C12H14F3N3O/c1-7(19)9-3-4-18(6-9)11-5-10(12(13,14)15)16-8(2)17-11/h5,9H,3-4,6H2,1-2H3/t9-/m1/s1. The molecule has 1 aliphatic rings. The Balaban J connectivity index is 2.26. The zero-order valence-corrected chi connectivity index (χ0v) is 10.7. The van der Waals surface area contributed by atoms with E-state index in [9.17, 15) is 18.0 Å². The quantitative estimate of drug-likeness (QED) is 0.829. The van der Waals surface area contributed by atoms with Crippen molar-refractivity contribution in [1.29, 1.82) is 0 Å². The molecule has 0 N–H and O–H groups in total. The van der Waals surface area contributed by atoms with E-state index in [0.717, 1.165) is 6.07 Å². The van der Waals surface area contributed by atoms with Crippen molar-refractivity contribution < 1.29 is 18.0 Å². The first kappa shape index (κ1) is 13.8. The van der Waals surface area contributed by atoms with Gasteiger partial charge in [-0.3, -0.25) is 4.79 Å². The Morgan fingerprint density at radius 2 is 2.11 bits per heavy atom. The molecule has 0 amide bonds. The molecule has 19 heavy (non-hydrogen) atoms. The zero-order chi connectivity index (χ0) is 14.2. The van der Waals surface area contributed by atoms with E-state index in [1.807, 2.05) is 0 Å². The maximum Gasteiger partial charge on any atom is 0.433 e. The second kappa shape index (κ2) is 4.79. The van der Waals surface area contributed by atoms with Gasteiger partial charge in [0, 0.05) is 25.1 Å². The van der Waals surface area contributed by atoms with Crippen LogP contribution in [0.2, 0.25) is 0 Å². The number of anilines is 1. The Labute approximate surface area is 108 Å². The molecule has 104 valence electrons. The van der Waals surface area contributed by atoms with Crippen LogP contribution in [0.25, 0.3) is 0 Å². The third-order valence-corrected chi connectivity index (χ3v) is 3.20. The summed E-state index contributed by atoms with van der Waals surface area (Å²) in [5.41, 5.74) is -0.943. The van der Waals surface area contributed by atoms with Crippen LogP contribution < -0.4 is 4.90 Å². The molecule has 0 radical (unpaired) electrons. The summed E-state index contributed by atoms with van der Waals surface area (Å²) in [6, 6.07) is 0.940. The van der Waals surface area contributed by atoms with E-state index in [-0.39, 0.29) is 23.3 Å². The minimum Gasteiger partial charge on any atom is -0.356 e. The second-order valence-corrected chi connectivity index (χ2v) is 4.70. The number of rotatable bonds is 2. The average molecular weight is 273 g/mol. The molecule has 2 rings (SSSR count). The fraction of sp³-hybridized carbons (Fsp3) is 0.583. The van der Waals surface area contributed by atoms with Gasteiger partial charge >= 0.3 is 6.18 Å². The molecule has 0 saturated carbocycles. The lowest BCUT2D eigenvalue weighted by Gasteiger charge is -2.18. The van der Waals surface area contributed by atoms with Gasteiger partial charge in [-0.2, -0.15) is 13.2 Å². The average Bonchev–Trinajstić information content (AvgIpc) is 2.76. The Morgan fingerprint density at radius 3 is 2.63 bits per heavy atom. The highest BCUT2D eigenvalue weighted by Crippen LogP contribution is 2.31. The van der Waals surface area contributed by atoms with Crippen LogP contribution >= 0.6 is 0 Å². The Kier molecular flexibility index (Phi) is 3.47. The van der Waals surface area contributed by atoms with Gasteiger partial charge in [0.15, 0.2) is 0 Å². The second-order valence-electron chi connectivity index (χ2n) is 4.70.